The fourth-order valence-electron chi connectivity index (χ4n) is 3.31. The molecular weight excluding hydrogens is 344 g/mol. The van der Waals surface area contributed by atoms with Gasteiger partial charge in [0.2, 0.25) is 0 Å². The van der Waals surface area contributed by atoms with Gasteiger partial charge in [0.25, 0.3) is 0 Å². The summed E-state index contributed by atoms with van der Waals surface area (Å²) in [7, 11) is 0. The van der Waals surface area contributed by atoms with Gasteiger partial charge >= 0.3 is 0 Å². The van der Waals surface area contributed by atoms with E-state index in [2.05, 4.69) is 102 Å². The van der Waals surface area contributed by atoms with Crippen molar-refractivity contribution >= 4 is 23.8 Å². The molecule has 0 aliphatic carbocycles. The molecule has 0 bridgehead atoms. The maximum absolute atomic E-state index is 6.67. The average Bonchev–Trinajstić information content (AvgIpc) is 3.00. The van der Waals surface area contributed by atoms with Crippen molar-refractivity contribution in [3.8, 4) is 0 Å². The first-order valence-corrected chi connectivity index (χ1v) is 10.4. The number of benzene rings is 2. The van der Waals surface area contributed by atoms with Gasteiger partial charge < -0.3 is 0 Å². The maximum atomic E-state index is 6.67. The van der Waals surface area contributed by atoms with E-state index in [0.29, 0.717) is 0 Å². The SMILES string of the molecule is CC(C)(C)[C@@]1(c2ccccc2)SO[C@@](c2ccccc2)(C(C)(C)C)S1. The Morgan fingerprint density at radius 2 is 1.16 bits per heavy atom. The van der Waals surface area contributed by atoms with E-state index in [9.17, 15) is 0 Å². The summed E-state index contributed by atoms with van der Waals surface area (Å²) in [6.45, 7) is 13.8. The molecule has 0 spiro atoms. The predicted molar refractivity (Wildman–Crippen MR) is 111 cm³/mol. The quantitative estimate of drug-likeness (QED) is 0.516. The van der Waals surface area contributed by atoms with Crippen LogP contribution in [0.15, 0.2) is 60.7 Å². The summed E-state index contributed by atoms with van der Waals surface area (Å²) in [5.74, 6) is 0. The second kappa shape index (κ2) is 6.37. The van der Waals surface area contributed by atoms with Gasteiger partial charge in [-0.2, -0.15) is 0 Å². The molecule has 2 atom stereocenters. The van der Waals surface area contributed by atoms with Crippen molar-refractivity contribution in [2.45, 2.75) is 50.6 Å². The minimum absolute atomic E-state index is 0.0332. The van der Waals surface area contributed by atoms with Crippen molar-refractivity contribution in [3.63, 3.8) is 0 Å². The monoisotopic (exact) mass is 372 g/mol. The van der Waals surface area contributed by atoms with Gasteiger partial charge in [-0.1, -0.05) is 114 Å². The molecule has 1 fully saturated rings. The molecule has 2 aromatic carbocycles. The van der Waals surface area contributed by atoms with Crippen LogP contribution in [0, 0.1) is 10.8 Å². The Morgan fingerprint density at radius 1 is 0.680 bits per heavy atom. The van der Waals surface area contributed by atoms with Gasteiger partial charge in [0.05, 0.1) is 0 Å². The molecule has 1 heterocycles. The Kier molecular flexibility index (Phi) is 4.81. The Labute approximate surface area is 161 Å². The molecule has 1 aliphatic heterocycles. The zero-order valence-electron chi connectivity index (χ0n) is 16.0. The molecule has 0 unspecified atom stereocenters. The van der Waals surface area contributed by atoms with E-state index >= 15 is 0 Å². The molecule has 1 aliphatic rings. The van der Waals surface area contributed by atoms with Gasteiger partial charge in [-0.25, -0.2) is 0 Å². The lowest BCUT2D eigenvalue weighted by molar-refractivity contribution is 0.0767. The Morgan fingerprint density at radius 3 is 1.60 bits per heavy atom. The maximum Gasteiger partial charge on any atom is 0.160 e. The van der Waals surface area contributed by atoms with Crippen LogP contribution in [0.4, 0.5) is 0 Å². The van der Waals surface area contributed by atoms with Crippen LogP contribution in [0.3, 0.4) is 0 Å². The number of hydrogen-bond donors (Lipinski definition) is 0. The molecule has 0 radical (unpaired) electrons. The summed E-state index contributed by atoms with van der Waals surface area (Å²) < 4.78 is 6.50. The van der Waals surface area contributed by atoms with Crippen molar-refractivity contribution in [1.82, 2.24) is 0 Å². The molecule has 2 aromatic rings. The lowest BCUT2D eigenvalue weighted by Crippen LogP contribution is -2.39. The summed E-state index contributed by atoms with van der Waals surface area (Å²) in [5, 5.41) is 0. The van der Waals surface area contributed by atoms with Crippen molar-refractivity contribution in [3.05, 3.63) is 71.8 Å². The zero-order chi connectivity index (χ0) is 18.3. The van der Waals surface area contributed by atoms with E-state index in [1.54, 1.807) is 12.0 Å². The van der Waals surface area contributed by atoms with Crippen LogP contribution < -0.4 is 0 Å². The van der Waals surface area contributed by atoms with Crippen molar-refractivity contribution in [2.24, 2.45) is 10.8 Å². The van der Waals surface area contributed by atoms with Crippen LogP contribution in [0.25, 0.3) is 0 Å². The van der Waals surface area contributed by atoms with Crippen LogP contribution in [0.1, 0.15) is 52.7 Å². The molecule has 3 heteroatoms. The third-order valence-corrected chi connectivity index (χ3v) is 9.18. The number of hydrogen-bond acceptors (Lipinski definition) is 3. The Bertz CT molecular complexity index is 652. The van der Waals surface area contributed by atoms with E-state index in [-0.39, 0.29) is 14.9 Å². The molecule has 0 amide bonds. The third kappa shape index (κ3) is 3.05. The molecule has 1 saturated heterocycles. The van der Waals surface area contributed by atoms with E-state index < -0.39 is 4.93 Å². The normalized spacial score (nSPS) is 27.4. The molecule has 0 N–H and O–H groups in total. The standard InChI is InChI=1S/C22H28OS2/c1-19(2,3)21(17-13-9-7-10-14-17)23-25-22(24-21,20(4,5)6)18-15-11-8-12-16-18/h7-16H,1-6H3/t21-,22-/m1/s1. The molecule has 1 nitrogen and oxygen atoms in total. The van der Waals surface area contributed by atoms with Crippen molar-refractivity contribution < 1.29 is 4.18 Å². The fraction of sp³-hybridized carbons (Fsp3) is 0.455. The van der Waals surface area contributed by atoms with Crippen LogP contribution in [-0.4, -0.2) is 0 Å². The summed E-state index contributed by atoms with van der Waals surface area (Å²) in [5.41, 5.74) is 2.54. The van der Waals surface area contributed by atoms with Crippen molar-refractivity contribution in [2.75, 3.05) is 0 Å². The molecular formula is C22H28OS2. The largest absolute Gasteiger partial charge is 0.291 e. The Balaban J connectivity index is 2.18. The molecule has 0 aromatic heterocycles. The lowest BCUT2D eigenvalue weighted by Gasteiger charge is -2.44. The minimum Gasteiger partial charge on any atom is -0.291 e. The highest BCUT2D eigenvalue weighted by atomic mass is 32.2. The van der Waals surface area contributed by atoms with Gasteiger partial charge in [0.1, 0.15) is 4.08 Å². The highest BCUT2D eigenvalue weighted by Gasteiger charge is 2.62. The van der Waals surface area contributed by atoms with Crippen molar-refractivity contribution in [1.29, 1.82) is 0 Å². The first-order valence-electron chi connectivity index (χ1n) is 8.80. The topological polar surface area (TPSA) is 9.23 Å². The Hall–Kier alpha value is -0.900. The molecule has 3 rings (SSSR count). The molecule has 25 heavy (non-hydrogen) atoms. The predicted octanol–water partition coefficient (Wildman–Crippen LogP) is 7.20. The second-order valence-electron chi connectivity index (χ2n) is 8.73. The van der Waals surface area contributed by atoms with Crippen LogP contribution >= 0.6 is 23.8 Å². The average molecular weight is 373 g/mol. The molecule has 0 saturated carbocycles. The van der Waals surface area contributed by atoms with Gasteiger partial charge in [-0.05, 0) is 16.5 Å². The highest BCUT2D eigenvalue weighted by Crippen LogP contribution is 2.74. The summed E-state index contributed by atoms with van der Waals surface area (Å²) in [4.78, 5) is -0.401. The summed E-state index contributed by atoms with van der Waals surface area (Å²) in [6, 6.07) is 21.5. The number of thioether (sulfide) groups is 1. The third-order valence-electron chi connectivity index (χ3n) is 4.85. The second-order valence-corrected chi connectivity index (χ2v) is 11.3. The van der Waals surface area contributed by atoms with E-state index in [0.717, 1.165) is 0 Å². The minimum atomic E-state index is -0.401. The van der Waals surface area contributed by atoms with Gasteiger partial charge in [-0.15, -0.1) is 0 Å². The van der Waals surface area contributed by atoms with Gasteiger partial charge in [0.15, 0.2) is 4.93 Å². The fourth-order valence-corrected chi connectivity index (χ4v) is 6.72. The molecule has 134 valence electrons. The van der Waals surface area contributed by atoms with E-state index in [4.69, 9.17) is 4.18 Å². The lowest BCUT2D eigenvalue weighted by atomic mass is 9.84. The van der Waals surface area contributed by atoms with Crippen LogP contribution in [0.2, 0.25) is 0 Å². The van der Waals surface area contributed by atoms with Crippen LogP contribution in [-0.2, 0) is 13.2 Å². The zero-order valence-corrected chi connectivity index (χ0v) is 17.6. The number of rotatable bonds is 2. The smallest absolute Gasteiger partial charge is 0.160 e. The van der Waals surface area contributed by atoms with E-state index in [1.807, 2.05) is 11.8 Å². The van der Waals surface area contributed by atoms with Gasteiger partial charge in [0, 0.05) is 17.5 Å². The first kappa shape index (κ1) is 18.9. The summed E-state index contributed by atoms with van der Waals surface area (Å²) in [6.07, 6.45) is 0. The highest BCUT2D eigenvalue weighted by molar-refractivity contribution is 8.18. The first-order chi connectivity index (χ1) is 11.6. The van der Waals surface area contributed by atoms with Gasteiger partial charge in [-0.3, -0.25) is 4.18 Å². The van der Waals surface area contributed by atoms with Crippen LogP contribution in [0.5, 0.6) is 0 Å². The summed E-state index contributed by atoms with van der Waals surface area (Å²) >= 11 is 3.61. The van der Waals surface area contributed by atoms with E-state index in [1.165, 1.54) is 11.1 Å².